The maximum absolute atomic E-state index is 3.33. The number of nitrogens with zero attached hydrogens (tertiary/aromatic N) is 1. The van der Waals surface area contributed by atoms with Gasteiger partial charge in [0.1, 0.15) is 0 Å². The smallest absolute Gasteiger partial charge is 0.0334 e. The molecule has 1 heterocycles. The van der Waals surface area contributed by atoms with Gasteiger partial charge in [-0.05, 0) is 38.8 Å². The summed E-state index contributed by atoms with van der Waals surface area (Å²) in [6, 6.07) is 5.63. The van der Waals surface area contributed by atoms with Crippen molar-refractivity contribution in [3.8, 4) is 0 Å². The summed E-state index contributed by atoms with van der Waals surface area (Å²) < 4.78 is 0. The molecule has 2 nitrogen and oxygen atoms in total. The van der Waals surface area contributed by atoms with Crippen LogP contribution in [0.15, 0.2) is 17.5 Å². The van der Waals surface area contributed by atoms with Crippen molar-refractivity contribution in [2.75, 3.05) is 13.6 Å². The summed E-state index contributed by atoms with van der Waals surface area (Å²) in [5.74, 6) is 0. The maximum atomic E-state index is 3.33. The molecule has 1 atom stereocenters. The largest absolute Gasteiger partial charge is 0.318 e. The molecule has 1 unspecified atom stereocenters. The Bertz CT molecular complexity index is 276. The van der Waals surface area contributed by atoms with Crippen LogP contribution in [0.3, 0.4) is 0 Å². The van der Waals surface area contributed by atoms with Gasteiger partial charge >= 0.3 is 0 Å². The molecule has 0 aliphatic heterocycles. The minimum absolute atomic E-state index is 0.599. The zero-order valence-corrected chi connectivity index (χ0v) is 12.4. The number of rotatable bonds is 8. The molecular formula is C14H26N2S. The second-order valence-corrected chi connectivity index (χ2v) is 5.88. The van der Waals surface area contributed by atoms with Gasteiger partial charge in [0, 0.05) is 30.1 Å². The third-order valence-corrected chi connectivity index (χ3v) is 3.97. The predicted molar refractivity (Wildman–Crippen MR) is 77.6 cm³/mol. The zero-order valence-electron chi connectivity index (χ0n) is 11.6. The van der Waals surface area contributed by atoms with Gasteiger partial charge in [0.2, 0.25) is 0 Å². The van der Waals surface area contributed by atoms with E-state index >= 15 is 0 Å². The van der Waals surface area contributed by atoms with E-state index in [1.807, 2.05) is 18.4 Å². The van der Waals surface area contributed by atoms with Crippen LogP contribution in [0.4, 0.5) is 0 Å². The molecule has 1 rings (SSSR count). The molecule has 0 bridgehead atoms. The van der Waals surface area contributed by atoms with Gasteiger partial charge in [0.05, 0.1) is 0 Å². The molecule has 0 aliphatic carbocycles. The van der Waals surface area contributed by atoms with Crippen molar-refractivity contribution in [3.05, 3.63) is 22.4 Å². The minimum Gasteiger partial charge on any atom is -0.318 e. The molecule has 1 aromatic rings. The van der Waals surface area contributed by atoms with E-state index in [1.165, 1.54) is 17.7 Å². The van der Waals surface area contributed by atoms with Gasteiger partial charge in [-0.3, -0.25) is 4.90 Å². The standard InChI is InChI=1S/C14H26N2S/c1-5-7-13(10-15-4)16(12(2)3)11-14-8-6-9-17-14/h6,8-9,12-13,15H,5,7,10-11H2,1-4H3. The molecule has 0 aliphatic rings. The highest BCUT2D eigenvalue weighted by atomic mass is 32.1. The van der Waals surface area contributed by atoms with Crippen molar-refractivity contribution in [2.45, 2.75) is 52.2 Å². The van der Waals surface area contributed by atoms with Crippen molar-refractivity contribution < 1.29 is 0 Å². The Labute approximate surface area is 110 Å². The average Bonchev–Trinajstić information content (AvgIpc) is 2.78. The molecule has 0 fully saturated rings. The fourth-order valence-electron chi connectivity index (χ4n) is 2.27. The second kappa shape index (κ2) is 7.85. The summed E-state index contributed by atoms with van der Waals surface area (Å²) in [6.07, 6.45) is 2.52. The molecule has 0 saturated carbocycles. The molecule has 0 radical (unpaired) electrons. The Kier molecular flexibility index (Phi) is 6.78. The normalized spacial score (nSPS) is 13.5. The number of hydrogen-bond acceptors (Lipinski definition) is 3. The Balaban J connectivity index is 2.67. The number of hydrogen-bond donors (Lipinski definition) is 1. The summed E-state index contributed by atoms with van der Waals surface area (Å²) in [5, 5.41) is 5.50. The lowest BCUT2D eigenvalue weighted by molar-refractivity contribution is 0.136. The van der Waals surface area contributed by atoms with Crippen LogP contribution >= 0.6 is 11.3 Å². The molecule has 98 valence electrons. The quantitative estimate of drug-likeness (QED) is 0.765. The number of nitrogens with one attached hydrogen (secondary N) is 1. The van der Waals surface area contributed by atoms with E-state index in [0.717, 1.165) is 13.1 Å². The Morgan fingerprint density at radius 1 is 1.41 bits per heavy atom. The summed E-state index contributed by atoms with van der Waals surface area (Å²) in [6.45, 7) is 9.03. The van der Waals surface area contributed by atoms with Crippen molar-refractivity contribution in [1.82, 2.24) is 10.2 Å². The first-order chi connectivity index (χ1) is 8.19. The molecule has 17 heavy (non-hydrogen) atoms. The van der Waals surface area contributed by atoms with Crippen molar-refractivity contribution >= 4 is 11.3 Å². The highest BCUT2D eigenvalue weighted by Gasteiger charge is 2.20. The van der Waals surface area contributed by atoms with E-state index < -0.39 is 0 Å². The first-order valence-corrected chi connectivity index (χ1v) is 7.49. The molecule has 1 N–H and O–H groups in total. The molecule has 0 saturated heterocycles. The average molecular weight is 254 g/mol. The van der Waals surface area contributed by atoms with Gasteiger partial charge < -0.3 is 5.32 Å². The van der Waals surface area contributed by atoms with E-state index in [4.69, 9.17) is 0 Å². The van der Waals surface area contributed by atoms with Gasteiger partial charge in [-0.15, -0.1) is 11.3 Å². The van der Waals surface area contributed by atoms with E-state index in [0.29, 0.717) is 12.1 Å². The second-order valence-electron chi connectivity index (χ2n) is 4.85. The summed E-state index contributed by atoms with van der Waals surface area (Å²) in [5.41, 5.74) is 0. The topological polar surface area (TPSA) is 15.3 Å². The Hall–Kier alpha value is -0.380. The van der Waals surface area contributed by atoms with E-state index in [2.05, 4.69) is 48.5 Å². The molecule has 0 aromatic carbocycles. The molecule has 1 aromatic heterocycles. The van der Waals surface area contributed by atoms with E-state index in [1.54, 1.807) is 0 Å². The predicted octanol–water partition coefficient (Wildman–Crippen LogP) is 3.35. The lowest BCUT2D eigenvalue weighted by Crippen LogP contribution is -2.44. The van der Waals surface area contributed by atoms with Gasteiger partial charge in [-0.25, -0.2) is 0 Å². The summed E-state index contributed by atoms with van der Waals surface area (Å²) in [4.78, 5) is 4.09. The Morgan fingerprint density at radius 2 is 2.18 bits per heavy atom. The fraction of sp³-hybridized carbons (Fsp3) is 0.714. The van der Waals surface area contributed by atoms with Gasteiger partial charge in [-0.2, -0.15) is 0 Å². The SMILES string of the molecule is CCCC(CNC)N(Cc1cccs1)C(C)C. The molecule has 3 heteroatoms. The Morgan fingerprint density at radius 3 is 2.65 bits per heavy atom. The first-order valence-electron chi connectivity index (χ1n) is 6.61. The van der Waals surface area contributed by atoms with Crippen molar-refractivity contribution in [2.24, 2.45) is 0 Å². The van der Waals surface area contributed by atoms with Gasteiger partial charge in [0.15, 0.2) is 0 Å². The summed E-state index contributed by atoms with van der Waals surface area (Å²) >= 11 is 1.86. The third kappa shape index (κ3) is 4.78. The first kappa shape index (κ1) is 14.7. The number of likely N-dealkylation sites (N-methyl/N-ethyl adjacent to an activating group) is 1. The highest BCUT2D eigenvalue weighted by Crippen LogP contribution is 2.18. The monoisotopic (exact) mass is 254 g/mol. The van der Waals surface area contributed by atoms with Gasteiger partial charge in [-0.1, -0.05) is 19.4 Å². The van der Waals surface area contributed by atoms with Crippen LogP contribution < -0.4 is 5.32 Å². The fourth-order valence-corrected chi connectivity index (χ4v) is 2.98. The van der Waals surface area contributed by atoms with Crippen LogP contribution in [-0.2, 0) is 6.54 Å². The van der Waals surface area contributed by atoms with Crippen LogP contribution in [0, 0.1) is 0 Å². The lowest BCUT2D eigenvalue weighted by Gasteiger charge is -2.34. The van der Waals surface area contributed by atoms with Crippen LogP contribution in [0.5, 0.6) is 0 Å². The van der Waals surface area contributed by atoms with Gasteiger partial charge in [0.25, 0.3) is 0 Å². The van der Waals surface area contributed by atoms with Crippen molar-refractivity contribution in [3.63, 3.8) is 0 Å². The van der Waals surface area contributed by atoms with Crippen LogP contribution in [0.2, 0.25) is 0 Å². The van der Waals surface area contributed by atoms with E-state index in [-0.39, 0.29) is 0 Å². The lowest BCUT2D eigenvalue weighted by atomic mass is 10.1. The third-order valence-electron chi connectivity index (χ3n) is 3.11. The molecule has 0 amide bonds. The van der Waals surface area contributed by atoms with Crippen LogP contribution in [0.1, 0.15) is 38.5 Å². The molecular weight excluding hydrogens is 228 g/mol. The number of thiophene rings is 1. The van der Waals surface area contributed by atoms with Crippen LogP contribution in [0.25, 0.3) is 0 Å². The molecule has 0 spiro atoms. The minimum atomic E-state index is 0.599. The highest BCUT2D eigenvalue weighted by molar-refractivity contribution is 7.09. The maximum Gasteiger partial charge on any atom is 0.0334 e. The zero-order chi connectivity index (χ0) is 12.7. The van der Waals surface area contributed by atoms with Crippen molar-refractivity contribution in [1.29, 1.82) is 0 Å². The van der Waals surface area contributed by atoms with E-state index in [9.17, 15) is 0 Å². The summed E-state index contributed by atoms with van der Waals surface area (Å²) in [7, 11) is 2.05. The van der Waals surface area contributed by atoms with Crippen LogP contribution in [-0.4, -0.2) is 30.6 Å².